The van der Waals surface area contributed by atoms with Gasteiger partial charge in [-0.1, -0.05) is 12.2 Å². The Kier molecular flexibility index (Phi) is 4.44. The average molecular weight is 194 g/mol. The van der Waals surface area contributed by atoms with Crippen LogP contribution in [0.25, 0.3) is 0 Å². The summed E-state index contributed by atoms with van der Waals surface area (Å²) < 4.78 is 4.95. The molecule has 0 aromatic rings. The van der Waals surface area contributed by atoms with Gasteiger partial charge in [0.05, 0.1) is 6.61 Å². The maximum Gasteiger partial charge on any atom is 0.333 e. The number of esters is 1. The van der Waals surface area contributed by atoms with Crippen molar-refractivity contribution in [3.63, 3.8) is 0 Å². The van der Waals surface area contributed by atoms with Crippen molar-refractivity contribution >= 4 is 5.97 Å². The largest absolute Gasteiger partial charge is 0.463 e. The van der Waals surface area contributed by atoms with Crippen LogP contribution in [0.5, 0.6) is 0 Å². The Morgan fingerprint density at radius 2 is 2.57 bits per heavy atom. The molecule has 0 radical (unpaired) electrons. The molecule has 0 saturated heterocycles. The summed E-state index contributed by atoms with van der Waals surface area (Å²) in [5, 5.41) is 0. The summed E-state index contributed by atoms with van der Waals surface area (Å²) in [6.45, 7) is 5.99. The second-order valence-corrected chi connectivity index (χ2v) is 3.58. The van der Waals surface area contributed by atoms with E-state index in [0.717, 1.165) is 31.3 Å². The first-order valence-corrected chi connectivity index (χ1v) is 5.26. The molecule has 0 N–H and O–H groups in total. The van der Waals surface area contributed by atoms with E-state index in [-0.39, 0.29) is 5.97 Å². The number of rotatable bonds is 5. The van der Waals surface area contributed by atoms with Gasteiger partial charge >= 0.3 is 5.97 Å². The van der Waals surface area contributed by atoms with Crippen LogP contribution >= 0.6 is 0 Å². The third-order valence-electron chi connectivity index (χ3n) is 2.50. The summed E-state index contributed by atoms with van der Waals surface area (Å²) in [5.41, 5.74) is 0.862. The molecule has 0 heterocycles. The molecule has 2 nitrogen and oxygen atoms in total. The van der Waals surface area contributed by atoms with Crippen molar-refractivity contribution in [1.82, 2.24) is 0 Å². The van der Waals surface area contributed by atoms with Gasteiger partial charge in [-0.15, -0.1) is 6.58 Å². The molecule has 0 saturated carbocycles. The first-order chi connectivity index (χ1) is 6.77. The molecule has 1 atom stereocenters. The summed E-state index contributed by atoms with van der Waals surface area (Å²) in [5.74, 6) is 0.418. The van der Waals surface area contributed by atoms with Crippen LogP contribution in [0, 0.1) is 5.92 Å². The van der Waals surface area contributed by atoms with Gasteiger partial charge in [0.1, 0.15) is 0 Å². The van der Waals surface area contributed by atoms with Crippen LogP contribution in [0.2, 0.25) is 0 Å². The van der Waals surface area contributed by atoms with Crippen LogP contribution in [-0.2, 0) is 9.53 Å². The molecule has 0 aliphatic heterocycles. The number of ether oxygens (including phenoxy) is 1. The number of carbonyl (C=O) groups is 1. The number of allylic oxidation sites excluding steroid dienone is 2. The maximum atomic E-state index is 11.4. The van der Waals surface area contributed by atoms with Crippen LogP contribution in [0.3, 0.4) is 0 Å². The van der Waals surface area contributed by atoms with Gasteiger partial charge in [-0.25, -0.2) is 4.79 Å². The fraction of sp³-hybridized carbons (Fsp3) is 0.583. The first kappa shape index (κ1) is 11.0. The van der Waals surface area contributed by atoms with E-state index in [1.165, 1.54) is 0 Å². The summed E-state index contributed by atoms with van der Waals surface area (Å²) >= 11 is 0. The monoisotopic (exact) mass is 194 g/mol. The fourth-order valence-electron chi connectivity index (χ4n) is 1.75. The topological polar surface area (TPSA) is 26.3 Å². The van der Waals surface area contributed by atoms with Crippen molar-refractivity contribution in [2.24, 2.45) is 5.92 Å². The van der Waals surface area contributed by atoms with E-state index < -0.39 is 0 Å². The predicted molar refractivity (Wildman–Crippen MR) is 56.9 cm³/mol. The minimum absolute atomic E-state index is 0.131. The molecule has 0 aromatic carbocycles. The normalized spacial score (nSPS) is 20.4. The second-order valence-electron chi connectivity index (χ2n) is 3.58. The molecular weight excluding hydrogens is 176 g/mol. The van der Waals surface area contributed by atoms with Gasteiger partial charge in [0.2, 0.25) is 0 Å². The summed E-state index contributed by atoms with van der Waals surface area (Å²) in [6.07, 6.45) is 8.09. The van der Waals surface area contributed by atoms with Gasteiger partial charge in [0, 0.05) is 5.57 Å². The molecule has 1 unspecified atom stereocenters. The lowest BCUT2D eigenvalue weighted by atomic mass is 10.0. The summed E-state index contributed by atoms with van der Waals surface area (Å²) in [6, 6.07) is 0. The standard InChI is InChI=1S/C12H18O2/c1-3-5-6-10-7-8-11(9-10)12(13)14-4-2/h3,9-10H,1,4-8H2,2H3. The number of hydrogen-bond acceptors (Lipinski definition) is 2. The highest BCUT2D eigenvalue weighted by molar-refractivity contribution is 5.88. The Bertz CT molecular complexity index is 241. The fourth-order valence-corrected chi connectivity index (χ4v) is 1.75. The Hall–Kier alpha value is -1.05. The van der Waals surface area contributed by atoms with Crippen molar-refractivity contribution in [1.29, 1.82) is 0 Å². The van der Waals surface area contributed by atoms with E-state index >= 15 is 0 Å². The molecular formula is C12H18O2. The van der Waals surface area contributed by atoms with Crippen LogP contribution < -0.4 is 0 Å². The molecule has 0 spiro atoms. The second kappa shape index (κ2) is 5.63. The lowest BCUT2D eigenvalue weighted by molar-refractivity contribution is -0.138. The molecule has 0 bridgehead atoms. The van der Waals surface area contributed by atoms with Crippen LogP contribution in [0.4, 0.5) is 0 Å². The van der Waals surface area contributed by atoms with Gasteiger partial charge in [-0.05, 0) is 38.5 Å². The van der Waals surface area contributed by atoms with Gasteiger partial charge in [0.15, 0.2) is 0 Å². The van der Waals surface area contributed by atoms with Crippen LogP contribution in [-0.4, -0.2) is 12.6 Å². The van der Waals surface area contributed by atoms with E-state index in [1.807, 2.05) is 13.0 Å². The van der Waals surface area contributed by atoms with Gasteiger partial charge in [-0.2, -0.15) is 0 Å². The van der Waals surface area contributed by atoms with Crippen molar-refractivity contribution in [2.45, 2.75) is 32.6 Å². The third kappa shape index (κ3) is 3.02. The minimum atomic E-state index is -0.131. The first-order valence-electron chi connectivity index (χ1n) is 5.26. The van der Waals surface area contributed by atoms with E-state index in [9.17, 15) is 4.79 Å². The maximum absolute atomic E-state index is 11.4. The highest BCUT2D eigenvalue weighted by Crippen LogP contribution is 2.28. The summed E-state index contributed by atoms with van der Waals surface area (Å²) in [7, 11) is 0. The van der Waals surface area contributed by atoms with Gasteiger partial charge in [0.25, 0.3) is 0 Å². The molecule has 14 heavy (non-hydrogen) atoms. The Labute approximate surface area is 85.6 Å². The molecule has 0 aromatic heterocycles. The van der Waals surface area contributed by atoms with E-state index in [0.29, 0.717) is 12.5 Å². The highest BCUT2D eigenvalue weighted by Gasteiger charge is 2.20. The zero-order chi connectivity index (χ0) is 10.4. The molecule has 1 aliphatic carbocycles. The molecule has 1 aliphatic rings. The smallest absolute Gasteiger partial charge is 0.333 e. The molecule has 0 amide bonds. The molecule has 78 valence electrons. The SMILES string of the molecule is C=CCCC1C=C(C(=O)OCC)CC1. The predicted octanol–water partition coefficient (Wildman–Crippen LogP) is 2.85. The molecule has 0 fully saturated rings. The van der Waals surface area contributed by atoms with Crippen LogP contribution in [0.1, 0.15) is 32.6 Å². The van der Waals surface area contributed by atoms with Gasteiger partial charge < -0.3 is 4.74 Å². The highest BCUT2D eigenvalue weighted by atomic mass is 16.5. The Morgan fingerprint density at radius 3 is 3.21 bits per heavy atom. The third-order valence-corrected chi connectivity index (χ3v) is 2.50. The Balaban J connectivity index is 2.41. The number of hydrogen-bond donors (Lipinski definition) is 0. The Morgan fingerprint density at radius 1 is 1.79 bits per heavy atom. The van der Waals surface area contributed by atoms with Crippen molar-refractivity contribution in [3.05, 3.63) is 24.3 Å². The van der Waals surface area contributed by atoms with E-state index in [4.69, 9.17) is 4.74 Å². The van der Waals surface area contributed by atoms with Crippen molar-refractivity contribution < 1.29 is 9.53 Å². The minimum Gasteiger partial charge on any atom is -0.463 e. The van der Waals surface area contributed by atoms with E-state index in [1.54, 1.807) is 0 Å². The van der Waals surface area contributed by atoms with Crippen LogP contribution in [0.15, 0.2) is 24.3 Å². The van der Waals surface area contributed by atoms with Crippen molar-refractivity contribution in [3.8, 4) is 0 Å². The average Bonchev–Trinajstić information content (AvgIpc) is 2.63. The van der Waals surface area contributed by atoms with E-state index in [2.05, 4.69) is 12.7 Å². The molecule has 1 rings (SSSR count). The zero-order valence-electron chi connectivity index (χ0n) is 8.79. The van der Waals surface area contributed by atoms with Gasteiger partial charge in [-0.3, -0.25) is 0 Å². The molecule has 2 heteroatoms. The van der Waals surface area contributed by atoms with Crippen molar-refractivity contribution in [2.75, 3.05) is 6.61 Å². The quantitative estimate of drug-likeness (QED) is 0.497. The lowest BCUT2D eigenvalue weighted by Gasteiger charge is -2.02. The lowest BCUT2D eigenvalue weighted by Crippen LogP contribution is -2.05. The number of carbonyl (C=O) groups excluding carboxylic acids is 1. The zero-order valence-corrected chi connectivity index (χ0v) is 8.79. The summed E-state index contributed by atoms with van der Waals surface area (Å²) in [4.78, 5) is 11.4.